The molecule has 0 N–H and O–H groups in total. The van der Waals surface area contributed by atoms with Crippen LogP contribution in [0.25, 0.3) is 0 Å². The molecule has 1 aromatic carbocycles. The summed E-state index contributed by atoms with van der Waals surface area (Å²) in [4.78, 5) is 11.8. The number of aryl methyl sites for hydroxylation is 1. The molecule has 1 aliphatic rings. The lowest BCUT2D eigenvalue weighted by atomic mass is 10.0. The van der Waals surface area contributed by atoms with Crippen molar-refractivity contribution >= 4 is 5.78 Å². The average Bonchev–Trinajstić information content (AvgIpc) is 2.93. The molecule has 104 valence electrons. The lowest BCUT2D eigenvalue weighted by molar-refractivity contribution is -0.119. The van der Waals surface area contributed by atoms with Gasteiger partial charge in [-0.2, -0.15) is 0 Å². The number of rotatable bonds is 8. The molecule has 0 aromatic heterocycles. The van der Waals surface area contributed by atoms with Crippen molar-refractivity contribution in [1.82, 2.24) is 0 Å². The molecule has 0 spiro atoms. The molecule has 2 nitrogen and oxygen atoms in total. The molecule has 0 bridgehead atoms. The van der Waals surface area contributed by atoms with Crippen LogP contribution in [0.2, 0.25) is 0 Å². The van der Waals surface area contributed by atoms with Gasteiger partial charge in [0.05, 0.1) is 6.10 Å². The van der Waals surface area contributed by atoms with E-state index in [4.69, 9.17) is 4.74 Å². The number of ether oxygens (including phenoxy) is 1. The molecule has 2 rings (SSSR count). The van der Waals surface area contributed by atoms with Crippen LogP contribution in [0.15, 0.2) is 30.3 Å². The normalized spacial score (nSPS) is 18.6. The molecular weight excluding hydrogens is 236 g/mol. The fraction of sp³-hybridized carbons (Fsp3) is 0.588. The molecule has 0 radical (unpaired) electrons. The van der Waals surface area contributed by atoms with Gasteiger partial charge in [-0.3, -0.25) is 4.79 Å². The molecular formula is C17H24O2. The monoisotopic (exact) mass is 260 g/mol. The van der Waals surface area contributed by atoms with E-state index in [0.29, 0.717) is 11.9 Å². The third kappa shape index (κ3) is 5.56. The Labute approximate surface area is 116 Å². The van der Waals surface area contributed by atoms with Crippen LogP contribution in [-0.2, 0) is 16.0 Å². The van der Waals surface area contributed by atoms with Crippen LogP contribution in [0.5, 0.6) is 0 Å². The third-order valence-electron chi connectivity index (χ3n) is 3.77. The van der Waals surface area contributed by atoms with E-state index in [9.17, 15) is 4.79 Å². The van der Waals surface area contributed by atoms with Gasteiger partial charge in [0.25, 0.3) is 0 Å². The molecule has 1 atom stereocenters. The molecule has 1 aliphatic heterocycles. The van der Waals surface area contributed by atoms with E-state index >= 15 is 0 Å². The van der Waals surface area contributed by atoms with Gasteiger partial charge in [-0.15, -0.1) is 0 Å². The summed E-state index contributed by atoms with van der Waals surface area (Å²) in [7, 11) is 0. The minimum atomic E-state index is 0.411. The highest BCUT2D eigenvalue weighted by Gasteiger charge is 2.15. The molecule has 19 heavy (non-hydrogen) atoms. The number of carbonyl (C=O) groups is 1. The Morgan fingerprint density at radius 3 is 2.68 bits per heavy atom. The Morgan fingerprint density at radius 2 is 1.95 bits per heavy atom. The smallest absolute Gasteiger partial charge is 0.132 e. The first-order valence-corrected chi connectivity index (χ1v) is 7.52. The summed E-state index contributed by atoms with van der Waals surface area (Å²) < 4.78 is 5.56. The third-order valence-corrected chi connectivity index (χ3v) is 3.77. The van der Waals surface area contributed by atoms with Gasteiger partial charge in [0.15, 0.2) is 0 Å². The van der Waals surface area contributed by atoms with Crippen LogP contribution in [-0.4, -0.2) is 18.5 Å². The molecule has 1 unspecified atom stereocenters. The highest BCUT2D eigenvalue weighted by Crippen LogP contribution is 2.18. The van der Waals surface area contributed by atoms with Crippen molar-refractivity contribution in [2.75, 3.05) is 6.61 Å². The highest BCUT2D eigenvalue weighted by molar-refractivity contribution is 5.78. The summed E-state index contributed by atoms with van der Waals surface area (Å²) in [5.41, 5.74) is 1.33. The van der Waals surface area contributed by atoms with Gasteiger partial charge >= 0.3 is 0 Å². The van der Waals surface area contributed by atoms with E-state index < -0.39 is 0 Å². The molecule has 1 saturated heterocycles. The Kier molecular flexibility index (Phi) is 6.09. The second kappa shape index (κ2) is 8.11. The molecule has 2 heteroatoms. The SMILES string of the molecule is O=C(CCCc1ccccc1)CCCC1CCCO1. The van der Waals surface area contributed by atoms with Crippen molar-refractivity contribution in [3.63, 3.8) is 0 Å². The number of hydrogen-bond donors (Lipinski definition) is 0. The fourth-order valence-electron chi connectivity index (χ4n) is 2.66. The Hall–Kier alpha value is -1.15. The van der Waals surface area contributed by atoms with Crippen molar-refractivity contribution in [2.45, 2.75) is 57.5 Å². The van der Waals surface area contributed by atoms with Crippen LogP contribution in [0.1, 0.15) is 50.5 Å². The van der Waals surface area contributed by atoms with Crippen molar-refractivity contribution in [1.29, 1.82) is 0 Å². The largest absolute Gasteiger partial charge is 0.378 e. The van der Waals surface area contributed by atoms with Gasteiger partial charge in [0, 0.05) is 19.4 Å². The van der Waals surface area contributed by atoms with Crippen LogP contribution in [0.3, 0.4) is 0 Å². The van der Waals surface area contributed by atoms with Crippen molar-refractivity contribution in [3.05, 3.63) is 35.9 Å². The van der Waals surface area contributed by atoms with E-state index in [0.717, 1.165) is 45.1 Å². The topological polar surface area (TPSA) is 26.3 Å². The van der Waals surface area contributed by atoms with Crippen molar-refractivity contribution in [3.8, 4) is 0 Å². The van der Waals surface area contributed by atoms with Gasteiger partial charge in [0.1, 0.15) is 5.78 Å². The molecule has 0 amide bonds. The van der Waals surface area contributed by atoms with E-state index in [1.807, 2.05) is 6.07 Å². The molecule has 0 aliphatic carbocycles. The first kappa shape index (κ1) is 14.3. The standard InChI is InChI=1S/C17H24O2/c18-16(11-5-12-17-13-6-14-19-17)10-4-9-15-7-2-1-3-8-15/h1-3,7-8,17H,4-6,9-14H2. The van der Waals surface area contributed by atoms with E-state index in [2.05, 4.69) is 24.3 Å². The number of hydrogen-bond acceptors (Lipinski definition) is 2. The fourth-order valence-corrected chi connectivity index (χ4v) is 2.66. The highest BCUT2D eigenvalue weighted by atomic mass is 16.5. The van der Waals surface area contributed by atoms with E-state index in [1.54, 1.807) is 0 Å². The van der Waals surface area contributed by atoms with Gasteiger partial charge in [-0.05, 0) is 44.1 Å². The lowest BCUT2D eigenvalue weighted by Gasteiger charge is -2.08. The summed E-state index contributed by atoms with van der Waals surface area (Å²) >= 11 is 0. The van der Waals surface area contributed by atoms with E-state index in [-0.39, 0.29) is 0 Å². The van der Waals surface area contributed by atoms with Crippen molar-refractivity contribution in [2.24, 2.45) is 0 Å². The number of ketones is 1. The minimum absolute atomic E-state index is 0.411. The number of carbonyl (C=O) groups excluding carboxylic acids is 1. The Balaban J connectivity index is 1.52. The zero-order valence-corrected chi connectivity index (χ0v) is 11.6. The number of benzene rings is 1. The zero-order chi connectivity index (χ0) is 13.3. The Morgan fingerprint density at radius 1 is 1.16 bits per heavy atom. The molecule has 1 heterocycles. The first-order valence-electron chi connectivity index (χ1n) is 7.52. The molecule has 1 fully saturated rings. The van der Waals surface area contributed by atoms with Crippen LogP contribution in [0, 0.1) is 0 Å². The summed E-state index contributed by atoms with van der Waals surface area (Å²) in [6.07, 6.45) is 8.30. The Bertz CT molecular complexity index is 366. The summed E-state index contributed by atoms with van der Waals surface area (Å²) in [6, 6.07) is 10.4. The van der Waals surface area contributed by atoms with E-state index in [1.165, 1.54) is 18.4 Å². The summed E-state index contributed by atoms with van der Waals surface area (Å²) in [6.45, 7) is 0.912. The predicted molar refractivity (Wildman–Crippen MR) is 77.2 cm³/mol. The second-order valence-electron chi connectivity index (χ2n) is 5.41. The second-order valence-corrected chi connectivity index (χ2v) is 5.41. The van der Waals surface area contributed by atoms with Crippen LogP contribution >= 0.6 is 0 Å². The maximum Gasteiger partial charge on any atom is 0.132 e. The maximum absolute atomic E-state index is 11.8. The average molecular weight is 260 g/mol. The van der Waals surface area contributed by atoms with Crippen LogP contribution in [0.4, 0.5) is 0 Å². The first-order chi connectivity index (χ1) is 9.34. The molecule has 1 aromatic rings. The van der Waals surface area contributed by atoms with Gasteiger partial charge < -0.3 is 4.74 Å². The maximum atomic E-state index is 11.8. The quantitative estimate of drug-likeness (QED) is 0.708. The predicted octanol–water partition coefficient (Wildman–Crippen LogP) is 3.93. The van der Waals surface area contributed by atoms with Gasteiger partial charge in [-0.25, -0.2) is 0 Å². The lowest BCUT2D eigenvalue weighted by Crippen LogP contribution is -2.06. The summed E-state index contributed by atoms with van der Waals surface area (Å²) in [5, 5.41) is 0. The zero-order valence-electron chi connectivity index (χ0n) is 11.6. The number of Topliss-reactive ketones (excluding diaryl/α,β-unsaturated/α-hetero) is 1. The minimum Gasteiger partial charge on any atom is -0.378 e. The van der Waals surface area contributed by atoms with Crippen LogP contribution < -0.4 is 0 Å². The summed E-state index contributed by atoms with van der Waals surface area (Å²) in [5.74, 6) is 0.411. The molecule has 0 saturated carbocycles. The van der Waals surface area contributed by atoms with Crippen molar-refractivity contribution < 1.29 is 9.53 Å². The van der Waals surface area contributed by atoms with Gasteiger partial charge in [-0.1, -0.05) is 30.3 Å². The van der Waals surface area contributed by atoms with Gasteiger partial charge in [0.2, 0.25) is 0 Å².